The second-order valence-corrected chi connectivity index (χ2v) is 9.14. The number of aromatic nitrogens is 2. The van der Waals surface area contributed by atoms with Gasteiger partial charge in [0.15, 0.2) is 5.16 Å². The highest BCUT2D eigenvalue weighted by Gasteiger charge is 2.21. The number of thioether (sulfide) groups is 1. The Morgan fingerprint density at radius 1 is 1.10 bits per heavy atom. The first-order chi connectivity index (χ1) is 14.8. The maximum atomic E-state index is 11.4. The first-order valence-corrected chi connectivity index (χ1v) is 11.5. The number of rotatable bonds is 10. The van der Waals surface area contributed by atoms with Crippen molar-refractivity contribution >= 4 is 17.7 Å². The van der Waals surface area contributed by atoms with Crippen LogP contribution >= 0.6 is 11.8 Å². The quantitative estimate of drug-likeness (QED) is 0.455. The maximum absolute atomic E-state index is 11.4. The van der Waals surface area contributed by atoms with Crippen LogP contribution in [0.4, 0.5) is 0 Å². The molecule has 31 heavy (non-hydrogen) atoms. The molecule has 0 saturated carbocycles. The van der Waals surface area contributed by atoms with Gasteiger partial charge in [0, 0.05) is 12.1 Å². The first kappa shape index (κ1) is 23.1. The summed E-state index contributed by atoms with van der Waals surface area (Å²) in [6, 6.07) is 16.7. The number of nitrogens with two attached hydrogens (primary N) is 1. The molecule has 0 fully saturated rings. The van der Waals surface area contributed by atoms with E-state index in [-0.39, 0.29) is 17.6 Å². The average molecular weight is 438 g/mol. The summed E-state index contributed by atoms with van der Waals surface area (Å²) >= 11 is 1.37. The molecule has 3 rings (SSSR count). The predicted octanol–water partition coefficient (Wildman–Crippen LogP) is 4.97. The highest BCUT2D eigenvalue weighted by molar-refractivity contribution is 7.99. The second kappa shape index (κ2) is 10.6. The minimum absolute atomic E-state index is 0.191. The standard InChI is InChI=1S/C25H31N3O2S/c1-17(2)24-22(13-21-11-18(3)10-19(4)12-21)28(25(27-24)31-15-23(26)29)16-30-14-20-8-6-5-7-9-20/h5-12,17H,13-16H2,1-4H3,(H2,26,29). The Labute approximate surface area is 189 Å². The first-order valence-electron chi connectivity index (χ1n) is 10.5. The van der Waals surface area contributed by atoms with Gasteiger partial charge >= 0.3 is 0 Å². The zero-order chi connectivity index (χ0) is 22.4. The van der Waals surface area contributed by atoms with Crippen molar-refractivity contribution in [2.45, 2.75) is 58.5 Å². The van der Waals surface area contributed by atoms with E-state index in [1.807, 2.05) is 30.3 Å². The third-order valence-corrected chi connectivity index (χ3v) is 5.94. The van der Waals surface area contributed by atoms with Gasteiger partial charge in [-0.05, 0) is 30.9 Å². The third-order valence-electron chi connectivity index (χ3n) is 4.94. The maximum Gasteiger partial charge on any atom is 0.227 e. The van der Waals surface area contributed by atoms with Crippen LogP contribution in [0.1, 0.15) is 53.4 Å². The Hall–Kier alpha value is -2.57. The number of benzene rings is 2. The van der Waals surface area contributed by atoms with Crippen LogP contribution in [0.2, 0.25) is 0 Å². The number of nitrogens with zero attached hydrogens (tertiary/aromatic N) is 2. The minimum atomic E-state index is -0.355. The monoisotopic (exact) mass is 437 g/mol. The number of carbonyl (C=O) groups excluding carboxylic acids is 1. The lowest BCUT2D eigenvalue weighted by Crippen LogP contribution is -2.15. The minimum Gasteiger partial charge on any atom is -0.369 e. The molecule has 164 valence electrons. The Kier molecular flexibility index (Phi) is 7.93. The number of hydrogen-bond acceptors (Lipinski definition) is 4. The van der Waals surface area contributed by atoms with Crippen molar-refractivity contribution in [2.75, 3.05) is 5.75 Å². The SMILES string of the molecule is Cc1cc(C)cc(Cc2c(C(C)C)nc(SCC(N)=O)n2COCc2ccccc2)c1. The fourth-order valence-corrected chi connectivity index (χ4v) is 4.46. The van der Waals surface area contributed by atoms with E-state index < -0.39 is 0 Å². The molecule has 1 heterocycles. The molecule has 2 aromatic carbocycles. The summed E-state index contributed by atoms with van der Waals surface area (Å²) in [5, 5.41) is 0.773. The van der Waals surface area contributed by atoms with Crippen molar-refractivity contribution in [3.05, 3.63) is 82.2 Å². The lowest BCUT2D eigenvalue weighted by Gasteiger charge is -2.15. The third kappa shape index (κ3) is 6.45. The molecule has 0 radical (unpaired) electrons. The van der Waals surface area contributed by atoms with E-state index >= 15 is 0 Å². The molecular weight excluding hydrogens is 406 g/mol. The molecule has 0 saturated heterocycles. The van der Waals surface area contributed by atoms with Crippen LogP contribution in [0.15, 0.2) is 53.7 Å². The second-order valence-electron chi connectivity index (χ2n) is 8.20. The van der Waals surface area contributed by atoms with E-state index in [1.165, 1.54) is 28.5 Å². The van der Waals surface area contributed by atoms with Crippen molar-refractivity contribution in [3.8, 4) is 0 Å². The van der Waals surface area contributed by atoms with Crippen LogP contribution in [0.3, 0.4) is 0 Å². The molecule has 1 amide bonds. The van der Waals surface area contributed by atoms with Crippen molar-refractivity contribution in [1.29, 1.82) is 0 Å². The lowest BCUT2D eigenvalue weighted by atomic mass is 10.00. The zero-order valence-electron chi connectivity index (χ0n) is 18.7. The van der Waals surface area contributed by atoms with Crippen molar-refractivity contribution < 1.29 is 9.53 Å². The Morgan fingerprint density at radius 2 is 1.77 bits per heavy atom. The topological polar surface area (TPSA) is 70.1 Å². The van der Waals surface area contributed by atoms with Crippen LogP contribution in [0.5, 0.6) is 0 Å². The van der Waals surface area contributed by atoms with Crippen LogP contribution in [-0.2, 0) is 29.3 Å². The van der Waals surface area contributed by atoms with Gasteiger partial charge < -0.3 is 10.5 Å². The van der Waals surface area contributed by atoms with Gasteiger partial charge in [-0.25, -0.2) is 4.98 Å². The van der Waals surface area contributed by atoms with E-state index in [1.54, 1.807) is 0 Å². The van der Waals surface area contributed by atoms with Gasteiger partial charge in [0.05, 0.1) is 18.1 Å². The van der Waals surface area contributed by atoms with E-state index in [2.05, 4.69) is 50.5 Å². The number of amides is 1. The van der Waals surface area contributed by atoms with Gasteiger partial charge in [0.2, 0.25) is 5.91 Å². The van der Waals surface area contributed by atoms with Crippen molar-refractivity contribution in [1.82, 2.24) is 9.55 Å². The molecule has 0 aliphatic carbocycles. The molecule has 0 aliphatic heterocycles. The lowest BCUT2D eigenvalue weighted by molar-refractivity contribution is -0.115. The Bertz CT molecular complexity index is 1010. The fraction of sp³-hybridized carbons (Fsp3) is 0.360. The van der Waals surface area contributed by atoms with Gasteiger partial charge in [-0.2, -0.15) is 0 Å². The molecule has 0 unspecified atom stereocenters. The summed E-state index contributed by atoms with van der Waals surface area (Å²) in [7, 11) is 0. The Balaban J connectivity index is 1.93. The number of primary amides is 1. The number of carbonyl (C=O) groups is 1. The number of aryl methyl sites for hydroxylation is 2. The van der Waals surface area contributed by atoms with Gasteiger partial charge in [0.1, 0.15) is 6.73 Å². The van der Waals surface area contributed by atoms with Gasteiger partial charge in [0.25, 0.3) is 0 Å². The highest BCUT2D eigenvalue weighted by Crippen LogP contribution is 2.29. The number of imidazole rings is 1. The summed E-state index contributed by atoms with van der Waals surface area (Å²) in [5.74, 6) is 0.0897. The molecule has 6 heteroatoms. The molecule has 0 bridgehead atoms. The summed E-state index contributed by atoms with van der Waals surface area (Å²) < 4.78 is 8.17. The smallest absolute Gasteiger partial charge is 0.227 e. The normalized spacial score (nSPS) is 11.3. The van der Waals surface area contributed by atoms with Gasteiger partial charge in [-0.15, -0.1) is 0 Å². The predicted molar refractivity (Wildman–Crippen MR) is 126 cm³/mol. The fourth-order valence-electron chi connectivity index (χ4n) is 3.70. The van der Waals surface area contributed by atoms with Gasteiger partial charge in [-0.1, -0.05) is 85.3 Å². The van der Waals surface area contributed by atoms with E-state index in [0.29, 0.717) is 13.3 Å². The largest absolute Gasteiger partial charge is 0.369 e. The Morgan fingerprint density at radius 3 is 2.39 bits per heavy atom. The average Bonchev–Trinajstić information content (AvgIpc) is 3.04. The zero-order valence-corrected chi connectivity index (χ0v) is 19.5. The molecule has 2 N–H and O–H groups in total. The molecular formula is C25H31N3O2S. The van der Waals surface area contributed by atoms with Crippen LogP contribution in [0, 0.1) is 13.8 Å². The molecule has 0 spiro atoms. The van der Waals surface area contributed by atoms with E-state index in [4.69, 9.17) is 15.5 Å². The van der Waals surface area contributed by atoms with Crippen LogP contribution in [-0.4, -0.2) is 21.2 Å². The summed E-state index contributed by atoms with van der Waals surface area (Å²) in [6.45, 7) is 9.41. The van der Waals surface area contributed by atoms with Crippen LogP contribution < -0.4 is 5.73 Å². The molecule has 5 nitrogen and oxygen atoms in total. The van der Waals surface area contributed by atoms with E-state index in [0.717, 1.165) is 28.5 Å². The molecule has 0 atom stereocenters. The van der Waals surface area contributed by atoms with E-state index in [9.17, 15) is 4.79 Å². The molecule has 0 aliphatic rings. The number of ether oxygens (including phenoxy) is 1. The van der Waals surface area contributed by atoms with Crippen molar-refractivity contribution in [3.63, 3.8) is 0 Å². The highest BCUT2D eigenvalue weighted by atomic mass is 32.2. The molecule has 3 aromatic rings. The van der Waals surface area contributed by atoms with Crippen LogP contribution in [0.25, 0.3) is 0 Å². The van der Waals surface area contributed by atoms with Crippen molar-refractivity contribution in [2.24, 2.45) is 5.73 Å². The number of hydrogen-bond donors (Lipinski definition) is 1. The van der Waals surface area contributed by atoms with Gasteiger partial charge in [-0.3, -0.25) is 9.36 Å². The summed E-state index contributed by atoms with van der Waals surface area (Å²) in [5.41, 5.74) is 12.4. The summed E-state index contributed by atoms with van der Waals surface area (Å²) in [4.78, 5) is 16.3. The molecule has 1 aromatic heterocycles. The summed E-state index contributed by atoms with van der Waals surface area (Å²) in [6.07, 6.45) is 0.759.